The Kier molecular flexibility index (Phi) is 11.9. The summed E-state index contributed by atoms with van der Waals surface area (Å²) in [6, 6.07) is 5.21. The summed E-state index contributed by atoms with van der Waals surface area (Å²) in [5.74, 6) is -3.38. The van der Waals surface area contributed by atoms with Crippen molar-refractivity contribution >= 4 is 36.3 Å². The van der Waals surface area contributed by atoms with Crippen molar-refractivity contribution in [1.82, 2.24) is 16.0 Å². The van der Waals surface area contributed by atoms with Crippen molar-refractivity contribution in [3.05, 3.63) is 35.9 Å². The third-order valence-corrected chi connectivity index (χ3v) is 5.88. The lowest BCUT2D eigenvalue weighted by Gasteiger charge is -2.27. The van der Waals surface area contributed by atoms with E-state index < -0.39 is 47.9 Å². The molecule has 184 valence electrons. The third-order valence-electron chi connectivity index (χ3n) is 5.52. The Morgan fingerprint density at radius 3 is 2.00 bits per heavy atom. The van der Waals surface area contributed by atoms with Gasteiger partial charge in [0, 0.05) is 12.2 Å². The van der Waals surface area contributed by atoms with E-state index in [1.807, 2.05) is 44.2 Å². The summed E-state index contributed by atoms with van der Waals surface area (Å²) in [5, 5.41) is 17.0. The second-order valence-corrected chi connectivity index (χ2v) is 8.84. The fourth-order valence-corrected chi connectivity index (χ4v) is 3.32. The summed E-state index contributed by atoms with van der Waals surface area (Å²) in [6.45, 7) is 7.23. The summed E-state index contributed by atoms with van der Waals surface area (Å²) in [6.07, 6.45) is 0.905. The minimum atomic E-state index is -1.22. The van der Waals surface area contributed by atoms with Gasteiger partial charge in [-0.05, 0) is 17.4 Å². The molecule has 0 aliphatic carbocycles. The molecule has 0 aliphatic heterocycles. The standard InChI is InChI=1S/C23H36N4O5S/c1-5-14(4)18(24)21(29)25-16(11-15-9-7-6-8-10-15)20(28)27-19(13(2)3)22(30)26-17(12-33)23(31)32/h6-10,13-14,16-19,33H,5,11-12,24H2,1-4H3,(H,25,29)(H,26,30)(H,27,28)(H,31,32). The van der Waals surface area contributed by atoms with Crippen LogP contribution in [0.1, 0.15) is 39.7 Å². The number of carboxylic acids is 1. The van der Waals surface area contributed by atoms with Crippen LogP contribution in [0.3, 0.4) is 0 Å². The molecule has 0 saturated carbocycles. The molecule has 1 aromatic carbocycles. The Bertz CT molecular complexity index is 805. The van der Waals surface area contributed by atoms with Crippen LogP contribution in [0.5, 0.6) is 0 Å². The summed E-state index contributed by atoms with van der Waals surface area (Å²) < 4.78 is 0. The molecule has 0 fully saturated rings. The van der Waals surface area contributed by atoms with E-state index in [9.17, 15) is 24.3 Å². The quantitative estimate of drug-likeness (QED) is 0.229. The number of rotatable bonds is 13. The first kappa shape index (κ1) is 28.4. The van der Waals surface area contributed by atoms with Gasteiger partial charge >= 0.3 is 5.97 Å². The molecule has 1 aromatic rings. The molecular weight excluding hydrogens is 444 g/mol. The SMILES string of the molecule is CCC(C)C(N)C(=O)NC(Cc1ccccc1)C(=O)NC(C(=O)NC(CS)C(=O)O)C(C)C. The highest BCUT2D eigenvalue weighted by Crippen LogP contribution is 2.10. The molecule has 0 aromatic heterocycles. The van der Waals surface area contributed by atoms with Crippen LogP contribution in [-0.2, 0) is 25.6 Å². The molecule has 0 radical (unpaired) electrons. The fourth-order valence-electron chi connectivity index (χ4n) is 3.08. The number of carbonyl (C=O) groups is 4. The Morgan fingerprint density at radius 2 is 1.52 bits per heavy atom. The highest BCUT2D eigenvalue weighted by Gasteiger charge is 2.32. The lowest BCUT2D eigenvalue weighted by atomic mass is 9.97. The summed E-state index contributed by atoms with van der Waals surface area (Å²) >= 11 is 3.95. The van der Waals surface area contributed by atoms with Crippen LogP contribution in [0.25, 0.3) is 0 Å². The molecule has 33 heavy (non-hydrogen) atoms. The number of hydrogen-bond acceptors (Lipinski definition) is 6. The summed E-state index contributed by atoms with van der Waals surface area (Å²) in [7, 11) is 0. The van der Waals surface area contributed by atoms with Crippen molar-refractivity contribution in [2.75, 3.05) is 5.75 Å². The Labute approximate surface area is 200 Å². The van der Waals surface area contributed by atoms with Crippen LogP contribution in [0.4, 0.5) is 0 Å². The molecule has 1 rings (SSSR count). The van der Waals surface area contributed by atoms with E-state index >= 15 is 0 Å². The molecule has 5 unspecified atom stereocenters. The largest absolute Gasteiger partial charge is 0.480 e. The zero-order chi connectivity index (χ0) is 25.1. The summed E-state index contributed by atoms with van der Waals surface area (Å²) in [5.41, 5.74) is 6.86. The van der Waals surface area contributed by atoms with Gasteiger partial charge in [0.2, 0.25) is 17.7 Å². The van der Waals surface area contributed by atoms with E-state index in [4.69, 9.17) is 5.73 Å². The number of nitrogens with two attached hydrogens (primary N) is 1. The van der Waals surface area contributed by atoms with Gasteiger partial charge in [0.15, 0.2) is 0 Å². The van der Waals surface area contributed by atoms with Crippen molar-refractivity contribution in [3.8, 4) is 0 Å². The first-order chi connectivity index (χ1) is 15.5. The van der Waals surface area contributed by atoms with Crippen molar-refractivity contribution in [3.63, 3.8) is 0 Å². The van der Waals surface area contributed by atoms with Crippen LogP contribution < -0.4 is 21.7 Å². The van der Waals surface area contributed by atoms with Crippen LogP contribution in [-0.4, -0.2) is 58.7 Å². The Balaban J connectivity index is 3.06. The van der Waals surface area contributed by atoms with Gasteiger partial charge in [0.25, 0.3) is 0 Å². The van der Waals surface area contributed by atoms with Gasteiger partial charge in [-0.2, -0.15) is 12.6 Å². The van der Waals surface area contributed by atoms with Crippen LogP contribution in [0, 0.1) is 11.8 Å². The second-order valence-electron chi connectivity index (χ2n) is 8.47. The van der Waals surface area contributed by atoms with Gasteiger partial charge in [-0.15, -0.1) is 0 Å². The summed E-state index contributed by atoms with van der Waals surface area (Å²) in [4.78, 5) is 49.8. The van der Waals surface area contributed by atoms with E-state index in [0.29, 0.717) is 6.42 Å². The lowest BCUT2D eigenvalue weighted by Crippen LogP contribution is -2.59. The highest BCUT2D eigenvalue weighted by molar-refractivity contribution is 7.80. The van der Waals surface area contributed by atoms with Crippen LogP contribution >= 0.6 is 12.6 Å². The van der Waals surface area contributed by atoms with Crippen LogP contribution in [0.2, 0.25) is 0 Å². The molecule has 0 heterocycles. The first-order valence-electron chi connectivity index (χ1n) is 11.1. The van der Waals surface area contributed by atoms with Gasteiger partial charge in [0.1, 0.15) is 18.1 Å². The molecule has 10 heteroatoms. The van der Waals surface area contributed by atoms with Crippen molar-refractivity contribution < 1.29 is 24.3 Å². The van der Waals surface area contributed by atoms with E-state index in [1.54, 1.807) is 13.8 Å². The number of carboxylic acid groups (broad SMARTS) is 1. The number of thiol groups is 1. The molecule has 0 bridgehead atoms. The van der Waals surface area contributed by atoms with Gasteiger partial charge in [-0.25, -0.2) is 4.79 Å². The van der Waals surface area contributed by atoms with Crippen molar-refractivity contribution in [1.29, 1.82) is 0 Å². The molecule has 0 saturated heterocycles. The Hall–Kier alpha value is -2.59. The fraction of sp³-hybridized carbons (Fsp3) is 0.565. The normalized spacial score (nSPS) is 15.6. The zero-order valence-corrected chi connectivity index (χ0v) is 20.5. The minimum Gasteiger partial charge on any atom is -0.480 e. The number of carbonyl (C=O) groups excluding carboxylic acids is 3. The third kappa shape index (κ3) is 9.05. The number of aliphatic carboxylic acids is 1. The van der Waals surface area contributed by atoms with Crippen LogP contribution in [0.15, 0.2) is 30.3 Å². The number of amides is 3. The predicted octanol–water partition coefficient (Wildman–Crippen LogP) is 0.727. The number of hydrogen-bond donors (Lipinski definition) is 6. The van der Waals surface area contributed by atoms with E-state index in [1.165, 1.54) is 0 Å². The van der Waals surface area contributed by atoms with Gasteiger partial charge < -0.3 is 26.8 Å². The number of benzene rings is 1. The predicted molar refractivity (Wildman–Crippen MR) is 130 cm³/mol. The second kappa shape index (κ2) is 13.8. The minimum absolute atomic E-state index is 0.0752. The highest BCUT2D eigenvalue weighted by atomic mass is 32.1. The molecule has 9 nitrogen and oxygen atoms in total. The molecule has 5 atom stereocenters. The monoisotopic (exact) mass is 480 g/mol. The van der Waals surface area contributed by atoms with Crippen molar-refractivity contribution in [2.24, 2.45) is 17.6 Å². The average Bonchev–Trinajstić information content (AvgIpc) is 2.79. The van der Waals surface area contributed by atoms with E-state index in [2.05, 4.69) is 28.6 Å². The van der Waals surface area contributed by atoms with Crippen molar-refractivity contribution in [2.45, 2.75) is 64.7 Å². The van der Waals surface area contributed by atoms with Gasteiger partial charge in [-0.1, -0.05) is 64.4 Å². The lowest BCUT2D eigenvalue weighted by molar-refractivity contribution is -0.142. The maximum atomic E-state index is 13.2. The molecule has 6 N–H and O–H groups in total. The molecule has 0 aliphatic rings. The van der Waals surface area contributed by atoms with Gasteiger partial charge in [-0.3, -0.25) is 14.4 Å². The Morgan fingerprint density at radius 1 is 0.939 bits per heavy atom. The number of nitrogens with one attached hydrogen (secondary N) is 3. The zero-order valence-electron chi connectivity index (χ0n) is 19.6. The van der Waals surface area contributed by atoms with E-state index in [-0.39, 0.29) is 24.0 Å². The smallest absolute Gasteiger partial charge is 0.327 e. The van der Waals surface area contributed by atoms with Gasteiger partial charge in [0.05, 0.1) is 6.04 Å². The molecule has 3 amide bonds. The maximum absolute atomic E-state index is 13.2. The molecule has 0 spiro atoms. The topological polar surface area (TPSA) is 151 Å². The maximum Gasteiger partial charge on any atom is 0.327 e. The first-order valence-corrected chi connectivity index (χ1v) is 11.7. The van der Waals surface area contributed by atoms with E-state index in [0.717, 1.165) is 5.56 Å². The average molecular weight is 481 g/mol. The molecular formula is C23H36N4O5S.